The van der Waals surface area contributed by atoms with Gasteiger partial charge in [0.2, 0.25) is 0 Å². The second-order valence-electron chi connectivity index (χ2n) is 5.27. The van der Waals surface area contributed by atoms with Crippen LogP contribution in [0.15, 0.2) is 34.9 Å². The first-order chi connectivity index (χ1) is 10.2. The number of rotatable bonds is 4. The Labute approximate surface area is 132 Å². The van der Waals surface area contributed by atoms with E-state index in [9.17, 15) is 4.79 Å². The summed E-state index contributed by atoms with van der Waals surface area (Å²) < 4.78 is 2.68. The summed E-state index contributed by atoms with van der Waals surface area (Å²) in [6.45, 7) is 2.95. The fourth-order valence-electron chi connectivity index (χ4n) is 2.84. The third-order valence-corrected chi connectivity index (χ3v) is 4.47. The normalized spacial score (nSPS) is 14.8. The summed E-state index contributed by atoms with van der Waals surface area (Å²) in [5, 5.41) is 3.13. The first-order valence-corrected chi connectivity index (χ1v) is 8.10. The number of fused-ring (bicyclic) bond motifs is 1. The van der Waals surface area contributed by atoms with E-state index in [1.54, 1.807) is 0 Å². The molecule has 1 atom stereocenters. The summed E-state index contributed by atoms with van der Waals surface area (Å²) in [5.41, 5.74) is 1.78. The molecule has 0 spiro atoms. The number of nitrogens with one attached hydrogen (secondary N) is 1. The molecule has 1 amide bonds. The van der Waals surface area contributed by atoms with Crippen LogP contribution in [-0.2, 0) is 13.0 Å². The largest absolute Gasteiger partial charge is 0.344 e. The average molecular weight is 348 g/mol. The number of halogens is 1. The lowest BCUT2D eigenvalue weighted by atomic mass is 10.0. The number of carbonyl (C=O) groups excluding carboxylic acids is 1. The Balaban J connectivity index is 1.83. The highest BCUT2D eigenvalue weighted by atomic mass is 79.9. The highest BCUT2D eigenvalue weighted by molar-refractivity contribution is 9.10. The summed E-state index contributed by atoms with van der Waals surface area (Å²) in [6, 6.07) is 10.1. The molecule has 1 unspecified atom stereocenters. The molecule has 1 aliphatic rings. The van der Waals surface area contributed by atoms with Crippen molar-refractivity contribution < 1.29 is 4.79 Å². The zero-order chi connectivity index (χ0) is 14.8. The zero-order valence-corrected chi connectivity index (χ0v) is 13.6. The van der Waals surface area contributed by atoms with E-state index in [4.69, 9.17) is 0 Å². The van der Waals surface area contributed by atoms with E-state index in [0.29, 0.717) is 10.3 Å². The van der Waals surface area contributed by atoms with Gasteiger partial charge in [-0.05, 0) is 34.3 Å². The molecule has 1 N–H and O–H groups in total. The number of benzene rings is 1. The SMILES string of the molecule is CCC(NC(=O)c1c(Br)nc2n1CCC2)c1ccccc1. The minimum Gasteiger partial charge on any atom is -0.344 e. The highest BCUT2D eigenvalue weighted by Crippen LogP contribution is 2.25. The predicted molar refractivity (Wildman–Crippen MR) is 85.2 cm³/mol. The number of hydrogen-bond acceptors (Lipinski definition) is 2. The smallest absolute Gasteiger partial charge is 0.271 e. The van der Waals surface area contributed by atoms with Crippen molar-refractivity contribution in [3.63, 3.8) is 0 Å². The number of hydrogen-bond donors (Lipinski definition) is 1. The van der Waals surface area contributed by atoms with E-state index >= 15 is 0 Å². The number of aromatic nitrogens is 2. The summed E-state index contributed by atoms with van der Waals surface area (Å²) >= 11 is 3.42. The Bertz CT molecular complexity index is 651. The monoisotopic (exact) mass is 347 g/mol. The third kappa shape index (κ3) is 2.75. The Morgan fingerprint density at radius 1 is 1.43 bits per heavy atom. The van der Waals surface area contributed by atoms with Crippen LogP contribution in [0.4, 0.5) is 0 Å². The van der Waals surface area contributed by atoms with Crippen molar-refractivity contribution >= 4 is 21.8 Å². The molecule has 1 aliphatic heterocycles. The molecule has 1 aromatic heterocycles. The average Bonchev–Trinajstić information content (AvgIpc) is 3.05. The number of aryl methyl sites for hydroxylation is 1. The molecule has 2 heterocycles. The van der Waals surface area contributed by atoms with Crippen LogP contribution < -0.4 is 5.32 Å². The van der Waals surface area contributed by atoms with Gasteiger partial charge in [0, 0.05) is 13.0 Å². The maximum Gasteiger partial charge on any atom is 0.271 e. The predicted octanol–water partition coefficient (Wildman–Crippen LogP) is 3.47. The van der Waals surface area contributed by atoms with E-state index in [1.807, 2.05) is 34.9 Å². The lowest BCUT2D eigenvalue weighted by Gasteiger charge is -2.18. The van der Waals surface area contributed by atoms with Crippen LogP contribution in [0.5, 0.6) is 0 Å². The van der Waals surface area contributed by atoms with Crippen molar-refractivity contribution in [1.82, 2.24) is 14.9 Å². The van der Waals surface area contributed by atoms with Crippen molar-refractivity contribution in [2.45, 2.75) is 38.8 Å². The summed E-state index contributed by atoms with van der Waals surface area (Å²) in [4.78, 5) is 17.1. The van der Waals surface area contributed by atoms with Gasteiger partial charge >= 0.3 is 0 Å². The van der Waals surface area contributed by atoms with E-state index in [0.717, 1.165) is 37.2 Å². The zero-order valence-electron chi connectivity index (χ0n) is 12.0. The van der Waals surface area contributed by atoms with Crippen LogP contribution >= 0.6 is 15.9 Å². The third-order valence-electron chi connectivity index (χ3n) is 3.92. The maximum absolute atomic E-state index is 12.6. The number of nitrogens with zero attached hydrogens (tertiary/aromatic N) is 2. The molecule has 0 saturated heterocycles. The van der Waals surface area contributed by atoms with Gasteiger partial charge in [-0.3, -0.25) is 4.79 Å². The highest BCUT2D eigenvalue weighted by Gasteiger charge is 2.26. The Hall–Kier alpha value is -1.62. The van der Waals surface area contributed by atoms with E-state index in [2.05, 4.69) is 33.2 Å². The van der Waals surface area contributed by atoms with E-state index < -0.39 is 0 Å². The summed E-state index contributed by atoms with van der Waals surface area (Å²) in [6.07, 6.45) is 2.86. The molecule has 2 aromatic rings. The minimum absolute atomic E-state index is 0.0261. The molecule has 1 aromatic carbocycles. The molecule has 0 radical (unpaired) electrons. The fourth-order valence-corrected chi connectivity index (χ4v) is 3.44. The molecule has 0 saturated carbocycles. The second kappa shape index (κ2) is 6.02. The van der Waals surface area contributed by atoms with Crippen LogP contribution in [0.3, 0.4) is 0 Å². The first-order valence-electron chi connectivity index (χ1n) is 7.31. The molecule has 3 rings (SSSR count). The van der Waals surface area contributed by atoms with Gasteiger partial charge in [-0.1, -0.05) is 37.3 Å². The van der Waals surface area contributed by atoms with Crippen LogP contribution in [0.1, 0.15) is 47.7 Å². The molecule has 21 heavy (non-hydrogen) atoms. The van der Waals surface area contributed by atoms with Crippen LogP contribution in [-0.4, -0.2) is 15.5 Å². The van der Waals surface area contributed by atoms with Gasteiger partial charge in [0.25, 0.3) is 5.91 Å². The quantitative estimate of drug-likeness (QED) is 0.920. The van der Waals surface area contributed by atoms with Gasteiger partial charge < -0.3 is 9.88 Å². The molecular weight excluding hydrogens is 330 g/mol. The Morgan fingerprint density at radius 3 is 2.90 bits per heavy atom. The molecule has 5 heteroatoms. The molecule has 0 fully saturated rings. The number of carbonyl (C=O) groups is 1. The molecule has 0 aliphatic carbocycles. The fraction of sp³-hybridized carbons (Fsp3) is 0.375. The van der Waals surface area contributed by atoms with Crippen molar-refractivity contribution in [3.8, 4) is 0 Å². The van der Waals surface area contributed by atoms with Crippen molar-refractivity contribution in [1.29, 1.82) is 0 Å². The van der Waals surface area contributed by atoms with Crippen LogP contribution in [0.25, 0.3) is 0 Å². The number of imidazole rings is 1. The van der Waals surface area contributed by atoms with Gasteiger partial charge in [0.15, 0.2) is 0 Å². The topological polar surface area (TPSA) is 46.9 Å². The van der Waals surface area contributed by atoms with Crippen LogP contribution in [0, 0.1) is 0 Å². The lowest BCUT2D eigenvalue weighted by Crippen LogP contribution is -2.30. The molecular formula is C16H18BrN3O. The molecule has 110 valence electrons. The van der Waals surface area contributed by atoms with Crippen molar-refractivity contribution in [2.75, 3.05) is 0 Å². The summed E-state index contributed by atoms with van der Waals surface area (Å²) in [5.74, 6) is 0.943. The van der Waals surface area contributed by atoms with Crippen molar-refractivity contribution in [2.24, 2.45) is 0 Å². The van der Waals surface area contributed by atoms with Gasteiger partial charge in [0.05, 0.1) is 6.04 Å². The standard InChI is InChI=1S/C16H18BrN3O/c1-2-12(11-7-4-3-5-8-11)18-16(21)14-15(17)19-13-9-6-10-20(13)14/h3-5,7-8,12H,2,6,9-10H2,1H3,(H,18,21). The van der Waals surface area contributed by atoms with Gasteiger partial charge in [-0.15, -0.1) is 0 Å². The Morgan fingerprint density at radius 2 is 2.19 bits per heavy atom. The molecule has 0 bridgehead atoms. The second-order valence-corrected chi connectivity index (χ2v) is 6.02. The Kier molecular flexibility index (Phi) is 4.10. The summed E-state index contributed by atoms with van der Waals surface area (Å²) in [7, 11) is 0. The van der Waals surface area contributed by atoms with Gasteiger partial charge in [0.1, 0.15) is 16.1 Å². The first kappa shape index (κ1) is 14.3. The maximum atomic E-state index is 12.6. The van der Waals surface area contributed by atoms with Crippen LogP contribution in [0.2, 0.25) is 0 Å². The van der Waals surface area contributed by atoms with Crippen molar-refractivity contribution in [3.05, 3.63) is 52.0 Å². The lowest BCUT2D eigenvalue weighted by molar-refractivity contribution is 0.0925. The van der Waals surface area contributed by atoms with Gasteiger partial charge in [-0.2, -0.15) is 0 Å². The van der Waals surface area contributed by atoms with E-state index in [1.165, 1.54) is 0 Å². The molecule has 4 nitrogen and oxygen atoms in total. The number of amides is 1. The van der Waals surface area contributed by atoms with E-state index in [-0.39, 0.29) is 11.9 Å². The minimum atomic E-state index is -0.0572. The van der Waals surface area contributed by atoms with Gasteiger partial charge in [-0.25, -0.2) is 4.98 Å².